The normalized spacial score (nSPS) is 11.6. The van der Waals surface area contributed by atoms with E-state index < -0.39 is 11.9 Å². The molecule has 0 saturated carbocycles. The summed E-state index contributed by atoms with van der Waals surface area (Å²) in [5.74, 6) is 0.474. The molecule has 7 heteroatoms. The molecule has 102 valence electrons. The maximum Gasteiger partial charge on any atom is 0.433 e. The van der Waals surface area contributed by atoms with Crippen LogP contribution >= 0.6 is 15.9 Å². The number of hydrogen-bond acceptors (Lipinski definition) is 2. The van der Waals surface area contributed by atoms with Crippen molar-refractivity contribution in [3.63, 3.8) is 0 Å². The molecule has 0 atom stereocenters. The van der Waals surface area contributed by atoms with Crippen LogP contribution in [-0.2, 0) is 11.5 Å². The van der Waals surface area contributed by atoms with Gasteiger partial charge in [0.1, 0.15) is 5.75 Å². The van der Waals surface area contributed by atoms with E-state index in [1.807, 2.05) is 0 Å². The van der Waals surface area contributed by atoms with Crippen LogP contribution in [0.15, 0.2) is 30.5 Å². The number of hydrogen-bond donors (Lipinski definition) is 0. The predicted molar refractivity (Wildman–Crippen MR) is 67.7 cm³/mol. The van der Waals surface area contributed by atoms with Crippen LogP contribution in [-0.4, -0.2) is 16.9 Å². The van der Waals surface area contributed by atoms with E-state index in [0.29, 0.717) is 11.4 Å². The second kappa shape index (κ2) is 5.24. The molecule has 2 aromatic rings. The Balaban J connectivity index is 2.59. The van der Waals surface area contributed by atoms with E-state index in [-0.39, 0.29) is 10.9 Å². The van der Waals surface area contributed by atoms with E-state index in [0.717, 1.165) is 4.68 Å². The second-order valence-electron chi connectivity index (χ2n) is 3.76. The lowest BCUT2D eigenvalue weighted by Crippen LogP contribution is -2.15. The topological polar surface area (TPSA) is 27.1 Å². The summed E-state index contributed by atoms with van der Waals surface area (Å²) in [4.78, 5) is 0. The zero-order valence-electron chi connectivity index (χ0n) is 9.91. The van der Waals surface area contributed by atoms with Crippen molar-refractivity contribution in [3.05, 3.63) is 41.7 Å². The highest BCUT2D eigenvalue weighted by molar-refractivity contribution is 9.08. The molecule has 0 unspecified atom stereocenters. The van der Waals surface area contributed by atoms with E-state index in [4.69, 9.17) is 4.74 Å². The first-order valence-corrected chi connectivity index (χ1v) is 6.44. The van der Waals surface area contributed by atoms with Gasteiger partial charge in [0.2, 0.25) is 0 Å². The minimum Gasteiger partial charge on any atom is -0.497 e. The van der Waals surface area contributed by atoms with Gasteiger partial charge in [0.25, 0.3) is 0 Å². The fourth-order valence-electron chi connectivity index (χ4n) is 1.72. The van der Waals surface area contributed by atoms with E-state index in [9.17, 15) is 13.2 Å². The summed E-state index contributed by atoms with van der Waals surface area (Å²) in [5.41, 5.74) is -0.383. The molecular formula is C12H10BrF3N2O. The minimum atomic E-state index is -4.47. The van der Waals surface area contributed by atoms with Crippen LogP contribution in [0, 0.1) is 0 Å². The van der Waals surface area contributed by atoms with E-state index >= 15 is 0 Å². The number of halogens is 4. The summed E-state index contributed by atoms with van der Waals surface area (Å²) in [6, 6.07) is 6.32. The van der Waals surface area contributed by atoms with Crippen LogP contribution in [0.3, 0.4) is 0 Å². The molecule has 1 aromatic heterocycles. The fraction of sp³-hybridized carbons (Fsp3) is 0.250. The largest absolute Gasteiger partial charge is 0.497 e. The molecule has 0 aliphatic heterocycles. The Morgan fingerprint density at radius 1 is 1.37 bits per heavy atom. The quantitative estimate of drug-likeness (QED) is 0.798. The van der Waals surface area contributed by atoms with Crippen LogP contribution < -0.4 is 4.74 Å². The van der Waals surface area contributed by atoms with Crippen LogP contribution in [0.2, 0.25) is 0 Å². The zero-order chi connectivity index (χ0) is 14.0. The monoisotopic (exact) mass is 334 g/mol. The predicted octanol–water partition coefficient (Wildman–Crippen LogP) is 3.79. The molecule has 19 heavy (non-hydrogen) atoms. The average Bonchev–Trinajstić information content (AvgIpc) is 2.82. The molecular weight excluding hydrogens is 325 g/mol. The van der Waals surface area contributed by atoms with Gasteiger partial charge in [0, 0.05) is 17.0 Å². The van der Waals surface area contributed by atoms with Crippen molar-refractivity contribution in [2.45, 2.75) is 11.5 Å². The number of rotatable bonds is 3. The molecule has 3 nitrogen and oxygen atoms in total. The Labute approximate surface area is 116 Å². The van der Waals surface area contributed by atoms with Crippen molar-refractivity contribution in [2.75, 3.05) is 7.11 Å². The highest BCUT2D eigenvalue weighted by Crippen LogP contribution is 2.34. The Morgan fingerprint density at radius 3 is 2.68 bits per heavy atom. The molecule has 0 saturated heterocycles. The average molecular weight is 335 g/mol. The van der Waals surface area contributed by atoms with Crippen LogP contribution in [0.5, 0.6) is 5.75 Å². The van der Waals surface area contributed by atoms with Gasteiger partial charge in [-0.2, -0.15) is 18.3 Å². The number of alkyl halides is 4. The minimum absolute atomic E-state index is 0.0891. The van der Waals surface area contributed by atoms with Crippen molar-refractivity contribution in [3.8, 4) is 11.4 Å². The number of methoxy groups -OCH3 is 1. The first-order chi connectivity index (χ1) is 8.97. The van der Waals surface area contributed by atoms with Crippen molar-refractivity contribution < 1.29 is 17.9 Å². The lowest BCUT2D eigenvalue weighted by atomic mass is 10.2. The van der Waals surface area contributed by atoms with Gasteiger partial charge in [0.05, 0.1) is 19.0 Å². The van der Waals surface area contributed by atoms with Crippen molar-refractivity contribution in [1.82, 2.24) is 9.78 Å². The van der Waals surface area contributed by atoms with Gasteiger partial charge >= 0.3 is 6.18 Å². The summed E-state index contributed by atoms with van der Waals surface area (Å²) in [6.07, 6.45) is -3.26. The smallest absolute Gasteiger partial charge is 0.433 e. The summed E-state index contributed by atoms with van der Waals surface area (Å²) in [6.45, 7) is 0. The highest BCUT2D eigenvalue weighted by Gasteiger charge is 2.38. The van der Waals surface area contributed by atoms with Crippen molar-refractivity contribution in [1.29, 1.82) is 0 Å². The molecule has 0 spiro atoms. The van der Waals surface area contributed by atoms with E-state index in [1.54, 1.807) is 18.2 Å². The summed E-state index contributed by atoms with van der Waals surface area (Å²) in [7, 11) is 1.46. The summed E-state index contributed by atoms with van der Waals surface area (Å²) >= 11 is 3.04. The maximum absolute atomic E-state index is 13.1. The molecule has 0 bridgehead atoms. The third-order valence-corrected chi connectivity index (χ3v) is 3.16. The lowest BCUT2D eigenvalue weighted by molar-refractivity contribution is -0.143. The van der Waals surface area contributed by atoms with Crippen LogP contribution in [0.25, 0.3) is 5.69 Å². The van der Waals surface area contributed by atoms with Gasteiger partial charge in [-0.1, -0.05) is 22.0 Å². The molecule has 0 fully saturated rings. The Kier molecular flexibility index (Phi) is 3.84. The first kappa shape index (κ1) is 13.9. The highest BCUT2D eigenvalue weighted by atomic mass is 79.9. The van der Waals surface area contributed by atoms with E-state index in [1.165, 1.54) is 19.4 Å². The number of ether oxygens (including phenoxy) is 1. The molecule has 0 amide bonds. The fourth-order valence-corrected chi connectivity index (χ4v) is 2.13. The summed E-state index contributed by atoms with van der Waals surface area (Å²) in [5, 5.41) is 3.90. The van der Waals surface area contributed by atoms with Gasteiger partial charge in [-0.3, -0.25) is 0 Å². The number of nitrogens with zero attached hydrogens (tertiary/aromatic N) is 2. The third-order valence-electron chi connectivity index (χ3n) is 2.56. The van der Waals surface area contributed by atoms with Crippen molar-refractivity contribution in [2.24, 2.45) is 0 Å². The second-order valence-corrected chi connectivity index (χ2v) is 4.32. The van der Waals surface area contributed by atoms with Gasteiger partial charge in [-0.25, -0.2) is 4.68 Å². The summed E-state index contributed by atoms with van der Waals surface area (Å²) < 4.78 is 45.1. The Hall–Kier alpha value is -1.50. The maximum atomic E-state index is 13.1. The van der Waals surface area contributed by atoms with Gasteiger partial charge < -0.3 is 4.74 Å². The molecule has 1 aromatic carbocycles. The van der Waals surface area contributed by atoms with Gasteiger partial charge in [-0.05, 0) is 12.1 Å². The van der Waals surface area contributed by atoms with Gasteiger partial charge in [-0.15, -0.1) is 0 Å². The van der Waals surface area contributed by atoms with E-state index in [2.05, 4.69) is 21.0 Å². The third kappa shape index (κ3) is 2.75. The van der Waals surface area contributed by atoms with Gasteiger partial charge in [0.15, 0.2) is 5.69 Å². The molecule has 1 heterocycles. The number of aromatic nitrogens is 2. The first-order valence-electron chi connectivity index (χ1n) is 5.32. The molecule has 0 N–H and O–H groups in total. The lowest BCUT2D eigenvalue weighted by Gasteiger charge is -2.12. The van der Waals surface area contributed by atoms with Crippen LogP contribution in [0.1, 0.15) is 11.3 Å². The Bertz CT molecular complexity index is 581. The van der Waals surface area contributed by atoms with Crippen molar-refractivity contribution >= 4 is 15.9 Å². The number of benzene rings is 1. The standard InChI is InChI=1S/C12H10BrF3N2O/c1-19-10-4-2-3-9(5-10)18-11(12(14,15)16)8(6-13)7-17-18/h2-5,7H,6H2,1H3. The van der Waals surface area contributed by atoms with Crippen LogP contribution in [0.4, 0.5) is 13.2 Å². The molecule has 0 aliphatic rings. The Morgan fingerprint density at radius 2 is 2.11 bits per heavy atom. The molecule has 2 rings (SSSR count). The zero-order valence-corrected chi connectivity index (χ0v) is 11.5. The SMILES string of the molecule is COc1cccc(-n2ncc(CBr)c2C(F)(F)F)c1. The molecule has 0 radical (unpaired) electrons. The molecule has 0 aliphatic carbocycles.